The van der Waals surface area contributed by atoms with Gasteiger partial charge in [0.1, 0.15) is 12.4 Å². The number of benzene rings is 1. The molecule has 0 N–H and O–H groups in total. The quantitative estimate of drug-likeness (QED) is 0.709. The number of fused-ring (bicyclic) bond motifs is 1. The number of hydrogen-bond acceptors (Lipinski definition) is 3. The summed E-state index contributed by atoms with van der Waals surface area (Å²) in [5.74, 6) is 0.0137. The van der Waals surface area contributed by atoms with Gasteiger partial charge in [0.05, 0.1) is 18.0 Å². The fraction of sp³-hybridized carbons (Fsp3) is 0.636. The van der Waals surface area contributed by atoms with E-state index in [-0.39, 0.29) is 24.5 Å². The van der Waals surface area contributed by atoms with Crippen molar-refractivity contribution in [1.82, 2.24) is 9.80 Å². The molecule has 0 aromatic heterocycles. The van der Waals surface area contributed by atoms with Gasteiger partial charge in [-0.25, -0.2) is 0 Å². The van der Waals surface area contributed by atoms with Gasteiger partial charge in [-0.05, 0) is 37.3 Å². The zero-order chi connectivity index (χ0) is 22.3. The average Bonchev–Trinajstić information content (AvgIpc) is 2.67. The van der Waals surface area contributed by atoms with Crippen LogP contribution in [0.4, 0.5) is 13.2 Å². The number of ether oxygens (including phenoxy) is 1. The minimum Gasteiger partial charge on any atom is -0.491 e. The first kappa shape index (κ1) is 24.0. The Morgan fingerprint density at radius 1 is 1.20 bits per heavy atom. The normalized spacial score (nSPS) is 19.0. The number of carbonyl (C=O) groups excluding carboxylic acids is 2. The molecule has 0 bridgehead atoms. The summed E-state index contributed by atoms with van der Waals surface area (Å²) in [6, 6.07) is 6.57. The zero-order valence-electron chi connectivity index (χ0n) is 17.9. The maximum atomic E-state index is 12.7. The van der Waals surface area contributed by atoms with Crippen LogP contribution in [0.5, 0.6) is 5.75 Å². The van der Waals surface area contributed by atoms with E-state index in [1.165, 1.54) is 0 Å². The number of para-hydroxylation sites is 1. The Labute approximate surface area is 176 Å². The van der Waals surface area contributed by atoms with Gasteiger partial charge >= 0.3 is 6.18 Å². The lowest BCUT2D eigenvalue weighted by atomic mass is 10.0. The molecule has 0 aliphatic carbocycles. The fourth-order valence-electron chi connectivity index (χ4n) is 3.63. The van der Waals surface area contributed by atoms with Crippen LogP contribution >= 0.6 is 0 Å². The maximum Gasteiger partial charge on any atom is 0.389 e. The van der Waals surface area contributed by atoms with Crippen LogP contribution in [-0.2, 0) is 4.79 Å². The monoisotopic (exact) mass is 428 g/mol. The first-order chi connectivity index (χ1) is 14.1. The highest BCUT2D eigenvalue weighted by molar-refractivity contribution is 5.96. The Morgan fingerprint density at radius 3 is 2.53 bits per heavy atom. The van der Waals surface area contributed by atoms with Crippen LogP contribution in [-0.4, -0.2) is 60.6 Å². The molecule has 1 atom stereocenters. The first-order valence-electron chi connectivity index (χ1n) is 10.4. The molecule has 0 spiro atoms. The Bertz CT molecular complexity index is 722. The number of carbonyl (C=O) groups is 2. The van der Waals surface area contributed by atoms with Crippen molar-refractivity contribution in [2.75, 3.05) is 26.7 Å². The van der Waals surface area contributed by atoms with Gasteiger partial charge in [0.25, 0.3) is 5.91 Å². The summed E-state index contributed by atoms with van der Waals surface area (Å²) in [4.78, 5) is 28.6. The van der Waals surface area contributed by atoms with E-state index >= 15 is 0 Å². The molecule has 0 unspecified atom stereocenters. The van der Waals surface area contributed by atoms with E-state index < -0.39 is 24.9 Å². The van der Waals surface area contributed by atoms with Gasteiger partial charge in [0.15, 0.2) is 0 Å². The van der Waals surface area contributed by atoms with Crippen molar-refractivity contribution in [3.63, 3.8) is 0 Å². The Hall–Kier alpha value is -2.25. The van der Waals surface area contributed by atoms with Gasteiger partial charge in [-0.1, -0.05) is 26.0 Å². The van der Waals surface area contributed by atoms with Crippen molar-refractivity contribution in [2.24, 2.45) is 5.92 Å². The molecule has 0 saturated carbocycles. The summed E-state index contributed by atoms with van der Waals surface area (Å²) in [6.45, 7) is 4.97. The number of alkyl halides is 3. The molecule has 1 aliphatic heterocycles. The maximum absolute atomic E-state index is 12.7. The second-order valence-corrected chi connectivity index (χ2v) is 8.23. The molecule has 0 saturated heterocycles. The third-order valence-corrected chi connectivity index (χ3v) is 5.16. The average molecular weight is 428 g/mol. The topological polar surface area (TPSA) is 49.9 Å². The van der Waals surface area contributed by atoms with E-state index in [0.717, 1.165) is 0 Å². The molecular formula is C22H31F3N2O3. The lowest BCUT2D eigenvalue weighted by molar-refractivity contribution is -0.151. The molecule has 5 nitrogen and oxygen atoms in total. The molecule has 8 heteroatoms. The van der Waals surface area contributed by atoms with Crippen molar-refractivity contribution in [2.45, 2.75) is 58.2 Å². The number of hydrogen-bond donors (Lipinski definition) is 0. The largest absolute Gasteiger partial charge is 0.491 e. The standard InChI is InChI=1S/C22H31F3N2O3/c1-16(2)14-17-15-30-19-9-5-4-8-18(19)21(29)26(3)12-6-7-13-27(17)20(28)10-11-22(23,24)25/h4-5,8-9,16-17H,6-7,10-15H2,1-3H3/t17-/m0/s1. The third-order valence-electron chi connectivity index (χ3n) is 5.16. The van der Waals surface area contributed by atoms with Crippen molar-refractivity contribution >= 4 is 11.8 Å². The summed E-state index contributed by atoms with van der Waals surface area (Å²) in [5.41, 5.74) is 0.443. The van der Waals surface area contributed by atoms with Gasteiger partial charge in [-0.3, -0.25) is 9.59 Å². The van der Waals surface area contributed by atoms with E-state index in [2.05, 4.69) is 0 Å². The van der Waals surface area contributed by atoms with Crippen LogP contribution in [0.25, 0.3) is 0 Å². The molecule has 30 heavy (non-hydrogen) atoms. The van der Waals surface area contributed by atoms with Crippen molar-refractivity contribution in [3.05, 3.63) is 29.8 Å². The van der Waals surface area contributed by atoms with E-state index in [9.17, 15) is 22.8 Å². The summed E-state index contributed by atoms with van der Waals surface area (Å²) in [6.07, 6.45) is -4.19. The van der Waals surface area contributed by atoms with Crippen LogP contribution in [0.2, 0.25) is 0 Å². The number of halogens is 3. The van der Waals surface area contributed by atoms with Crippen molar-refractivity contribution in [1.29, 1.82) is 0 Å². The molecule has 168 valence electrons. The van der Waals surface area contributed by atoms with E-state index in [1.807, 2.05) is 13.8 Å². The molecule has 2 rings (SSSR count). The van der Waals surface area contributed by atoms with Gasteiger partial charge in [-0.15, -0.1) is 0 Å². The van der Waals surface area contributed by atoms with Crippen molar-refractivity contribution in [3.8, 4) is 5.75 Å². The predicted molar refractivity (Wildman–Crippen MR) is 108 cm³/mol. The Kier molecular flexibility index (Phi) is 8.55. The van der Waals surface area contributed by atoms with E-state index in [1.54, 1.807) is 41.1 Å². The van der Waals surface area contributed by atoms with Crippen LogP contribution in [0, 0.1) is 5.92 Å². The van der Waals surface area contributed by atoms with E-state index in [0.29, 0.717) is 43.7 Å². The molecule has 0 fully saturated rings. The molecule has 2 amide bonds. The Morgan fingerprint density at radius 2 is 1.87 bits per heavy atom. The van der Waals surface area contributed by atoms with Gasteiger partial charge < -0.3 is 14.5 Å². The first-order valence-corrected chi connectivity index (χ1v) is 10.4. The van der Waals surface area contributed by atoms with Crippen LogP contribution in [0.3, 0.4) is 0 Å². The summed E-state index contributed by atoms with van der Waals surface area (Å²) < 4.78 is 44.0. The smallest absolute Gasteiger partial charge is 0.389 e. The van der Waals surface area contributed by atoms with Crippen LogP contribution in [0.1, 0.15) is 56.3 Å². The van der Waals surface area contributed by atoms with Crippen molar-refractivity contribution < 1.29 is 27.5 Å². The summed E-state index contributed by atoms with van der Waals surface area (Å²) >= 11 is 0. The molecule has 0 radical (unpaired) electrons. The molecule has 1 heterocycles. The predicted octanol–water partition coefficient (Wildman–Crippen LogP) is 4.52. The van der Waals surface area contributed by atoms with Gasteiger partial charge in [0.2, 0.25) is 5.91 Å². The lowest BCUT2D eigenvalue weighted by Crippen LogP contribution is -2.45. The summed E-state index contributed by atoms with van der Waals surface area (Å²) in [7, 11) is 1.71. The zero-order valence-corrected chi connectivity index (χ0v) is 17.9. The second-order valence-electron chi connectivity index (χ2n) is 8.23. The second kappa shape index (κ2) is 10.7. The fourth-order valence-corrected chi connectivity index (χ4v) is 3.63. The van der Waals surface area contributed by atoms with Crippen LogP contribution < -0.4 is 4.74 Å². The third kappa shape index (κ3) is 7.22. The minimum atomic E-state index is -4.37. The molecule has 1 aliphatic rings. The highest BCUT2D eigenvalue weighted by Crippen LogP contribution is 2.25. The summed E-state index contributed by atoms with van der Waals surface area (Å²) in [5, 5.41) is 0. The molecular weight excluding hydrogens is 397 g/mol. The number of amides is 2. The van der Waals surface area contributed by atoms with Gasteiger partial charge in [0, 0.05) is 26.6 Å². The van der Waals surface area contributed by atoms with Gasteiger partial charge in [-0.2, -0.15) is 13.2 Å². The van der Waals surface area contributed by atoms with Crippen LogP contribution in [0.15, 0.2) is 24.3 Å². The number of rotatable bonds is 4. The highest BCUT2D eigenvalue weighted by atomic mass is 19.4. The van der Waals surface area contributed by atoms with E-state index in [4.69, 9.17) is 4.74 Å². The SMILES string of the molecule is CC(C)C[C@H]1COc2ccccc2C(=O)N(C)CCCCN1C(=O)CCC(F)(F)F. The number of nitrogens with zero attached hydrogens (tertiary/aromatic N) is 2. The molecule has 1 aromatic carbocycles. The molecule has 1 aromatic rings. The highest BCUT2D eigenvalue weighted by Gasteiger charge is 2.32. The lowest BCUT2D eigenvalue weighted by Gasteiger charge is -2.34. The minimum absolute atomic E-state index is 0.129. The Balaban J connectivity index is 2.28.